The largest absolute Gasteiger partial charge is 0.382 e. The van der Waals surface area contributed by atoms with Gasteiger partial charge >= 0.3 is 0 Å². The van der Waals surface area contributed by atoms with Crippen molar-refractivity contribution in [3.63, 3.8) is 0 Å². The van der Waals surface area contributed by atoms with Crippen LogP contribution in [0.2, 0.25) is 5.15 Å². The number of nitrogens with zero attached hydrogens (tertiary/aromatic N) is 2. The Hall–Kier alpha value is -2.79. The van der Waals surface area contributed by atoms with Gasteiger partial charge in [0.2, 0.25) is 0 Å². The molecule has 4 rings (SSSR count). The molecule has 2 N–H and O–H groups in total. The molecule has 1 aromatic heterocycles. The molecule has 0 saturated heterocycles. The van der Waals surface area contributed by atoms with Crippen molar-refractivity contribution in [2.24, 2.45) is 0 Å². The maximum Gasteiger partial charge on any atom is 0.260 e. The molecule has 1 saturated carbocycles. The fourth-order valence-corrected chi connectivity index (χ4v) is 4.32. The van der Waals surface area contributed by atoms with E-state index in [9.17, 15) is 4.79 Å². The van der Waals surface area contributed by atoms with E-state index in [1.54, 1.807) is 11.6 Å². The van der Waals surface area contributed by atoms with Crippen LogP contribution in [0.3, 0.4) is 0 Å². The van der Waals surface area contributed by atoms with Gasteiger partial charge in [-0.1, -0.05) is 61.2 Å². The van der Waals surface area contributed by atoms with Gasteiger partial charge in [-0.15, -0.1) is 0 Å². The van der Waals surface area contributed by atoms with Crippen LogP contribution in [0.1, 0.15) is 53.7 Å². The van der Waals surface area contributed by atoms with Crippen molar-refractivity contribution in [2.75, 3.05) is 10.6 Å². The molecular weight excluding hydrogens is 396 g/mol. The summed E-state index contributed by atoms with van der Waals surface area (Å²) in [5, 5.41) is 11.3. The molecule has 156 valence electrons. The molecule has 1 fully saturated rings. The van der Waals surface area contributed by atoms with E-state index in [1.165, 1.54) is 32.1 Å². The molecule has 1 amide bonds. The fourth-order valence-electron chi connectivity index (χ4n) is 4.00. The van der Waals surface area contributed by atoms with Gasteiger partial charge < -0.3 is 10.6 Å². The fraction of sp³-hybridized carbons (Fsp3) is 0.333. The number of carbonyl (C=O) groups is 1. The Morgan fingerprint density at radius 3 is 2.40 bits per heavy atom. The van der Waals surface area contributed by atoms with Crippen LogP contribution in [0.4, 0.5) is 11.4 Å². The summed E-state index contributed by atoms with van der Waals surface area (Å²) < 4.78 is 1.67. The number of anilines is 2. The number of aryl methyl sites for hydroxylation is 1. The zero-order chi connectivity index (χ0) is 20.9. The van der Waals surface area contributed by atoms with Crippen molar-refractivity contribution in [3.05, 3.63) is 76.6 Å². The average Bonchev–Trinajstić information content (AvgIpc) is 3.04. The number of rotatable bonds is 6. The number of hydrogen-bond acceptors (Lipinski definition) is 3. The Balaban J connectivity index is 1.42. The van der Waals surface area contributed by atoms with E-state index in [1.807, 2.05) is 54.6 Å². The molecule has 1 aliphatic carbocycles. The predicted octanol–water partition coefficient (Wildman–Crippen LogP) is 5.89. The molecule has 3 aromatic rings. The Kier molecular flexibility index (Phi) is 6.38. The zero-order valence-corrected chi connectivity index (χ0v) is 18.0. The third-order valence-electron chi connectivity index (χ3n) is 5.59. The van der Waals surface area contributed by atoms with Crippen molar-refractivity contribution in [1.82, 2.24) is 9.78 Å². The lowest BCUT2D eigenvalue weighted by molar-refractivity contribution is 0.102. The number of nitrogens with one attached hydrogen (secondary N) is 2. The third kappa shape index (κ3) is 4.85. The molecule has 0 unspecified atom stereocenters. The molecule has 0 atom stereocenters. The Labute approximate surface area is 182 Å². The minimum Gasteiger partial charge on any atom is -0.382 e. The van der Waals surface area contributed by atoms with Gasteiger partial charge in [-0.3, -0.25) is 4.79 Å². The Bertz CT molecular complexity index is 992. The molecule has 6 heteroatoms. The second-order valence-corrected chi connectivity index (χ2v) is 8.26. The molecule has 5 nitrogen and oxygen atoms in total. The third-order valence-corrected chi connectivity index (χ3v) is 5.97. The van der Waals surface area contributed by atoms with Crippen LogP contribution >= 0.6 is 11.6 Å². The van der Waals surface area contributed by atoms with Crippen molar-refractivity contribution in [2.45, 2.75) is 51.6 Å². The van der Waals surface area contributed by atoms with Crippen LogP contribution in [0.15, 0.2) is 54.6 Å². The van der Waals surface area contributed by atoms with Crippen molar-refractivity contribution in [3.8, 4) is 0 Å². The molecule has 0 radical (unpaired) electrons. The maximum atomic E-state index is 12.9. The van der Waals surface area contributed by atoms with Crippen molar-refractivity contribution in [1.29, 1.82) is 0 Å². The van der Waals surface area contributed by atoms with E-state index in [4.69, 9.17) is 11.6 Å². The predicted molar refractivity (Wildman–Crippen MR) is 122 cm³/mol. The number of benzene rings is 2. The van der Waals surface area contributed by atoms with E-state index in [-0.39, 0.29) is 5.91 Å². The van der Waals surface area contributed by atoms with Gasteiger partial charge in [0.05, 0.1) is 17.8 Å². The summed E-state index contributed by atoms with van der Waals surface area (Å²) in [6.45, 7) is 2.33. The lowest BCUT2D eigenvalue weighted by Gasteiger charge is -2.23. The number of aromatic nitrogens is 2. The second-order valence-electron chi connectivity index (χ2n) is 7.91. The Morgan fingerprint density at radius 2 is 1.70 bits per heavy atom. The van der Waals surface area contributed by atoms with Crippen LogP contribution in [0.5, 0.6) is 0 Å². The van der Waals surface area contributed by atoms with Gasteiger partial charge in [-0.05, 0) is 49.6 Å². The monoisotopic (exact) mass is 422 g/mol. The maximum absolute atomic E-state index is 12.9. The summed E-state index contributed by atoms with van der Waals surface area (Å²) >= 11 is 6.50. The highest BCUT2D eigenvalue weighted by Gasteiger charge is 2.20. The summed E-state index contributed by atoms with van der Waals surface area (Å²) in [4.78, 5) is 12.9. The normalized spacial score (nSPS) is 14.5. The first-order valence-electron chi connectivity index (χ1n) is 10.5. The summed E-state index contributed by atoms with van der Waals surface area (Å²) in [5.74, 6) is -0.246. The van der Waals surface area contributed by atoms with E-state index in [2.05, 4.69) is 15.7 Å². The molecular formula is C24H27ClN4O. The van der Waals surface area contributed by atoms with Gasteiger partial charge in [0.1, 0.15) is 5.15 Å². The van der Waals surface area contributed by atoms with Crippen molar-refractivity contribution >= 4 is 28.9 Å². The lowest BCUT2D eigenvalue weighted by atomic mass is 9.95. The minimum absolute atomic E-state index is 0.246. The van der Waals surface area contributed by atoms with Gasteiger partial charge in [-0.25, -0.2) is 4.68 Å². The standard InChI is InChI=1S/C24H27ClN4O/c1-17-22(23(25)29(28-17)16-18-8-4-2-5-9-18)24(30)27-21-14-12-20(13-15-21)26-19-10-6-3-7-11-19/h2,4-5,8-9,12-15,19,26H,3,6-7,10-11,16H2,1H3,(H,27,30). The first-order valence-corrected chi connectivity index (χ1v) is 10.9. The van der Waals surface area contributed by atoms with Crippen LogP contribution in [-0.4, -0.2) is 21.7 Å². The highest BCUT2D eigenvalue weighted by Crippen LogP contribution is 2.25. The van der Waals surface area contributed by atoms with E-state index >= 15 is 0 Å². The summed E-state index contributed by atoms with van der Waals surface area (Å²) in [6, 6.07) is 18.3. The van der Waals surface area contributed by atoms with Gasteiger partial charge in [0.25, 0.3) is 5.91 Å². The van der Waals surface area contributed by atoms with Gasteiger partial charge in [-0.2, -0.15) is 5.10 Å². The van der Waals surface area contributed by atoms with Crippen LogP contribution in [0, 0.1) is 6.92 Å². The lowest BCUT2D eigenvalue weighted by Crippen LogP contribution is -2.22. The summed E-state index contributed by atoms with van der Waals surface area (Å²) in [5.41, 5.74) is 3.93. The summed E-state index contributed by atoms with van der Waals surface area (Å²) in [6.07, 6.45) is 6.38. The average molecular weight is 423 g/mol. The minimum atomic E-state index is -0.246. The van der Waals surface area contributed by atoms with Crippen LogP contribution in [-0.2, 0) is 6.54 Å². The topological polar surface area (TPSA) is 59.0 Å². The first kappa shape index (κ1) is 20.5. The molecule has 0 bridgehead atoms. The summed E-state index contributed by atoms with van der Waals surface area (Å²) in [7, 11) is 0. The molecule has 1 heterocycles. The van der Waals surface area contributed by atoms with Crippen LogP contribution < -0.4 is 10.6 Å². The Morgan fingerprint density at radius 1 is 1.03 bits per heavy atom. The number of halogens is 1. The molecule has 0 aliphatic heterocycles. The van der Waals surface area contributed by atoms with E-state index in [0.29, 0.717) is 29.0 Å². The second kappa shape index (κ2) is 9.35. The van der Waals surface area contributed by atoms with E-state index in [0.717, 1.165) is 16.9 Å². The van der Waals surface area contributed by atoms with Gasteiger partial charge in [0, 0.05) is 17.4 Å². The molecule has 1 aliphatic rings. The SMILES string of the molecule is Cc1nn(Cc2ccccc2)c(Cl)c1C(=O)Nc1ccc(NC2CCCCC2)cc1. The van der Waals surface area contributed by atoms with Gasteiger partial charge in [0.15, 0.2) is 0 Å². The smallest absolute Gasteiger partial charge is 0.260 e. The van der Waals surface area contributed by atoms with Crippen molar-refractivity contribution < 1.29 is 4.79 Å². The zero-order valence-electron chi connectivity index (χ0n) is 17.2. The molecule has 0 spiro atoms. The van der Waals surface area contributed by atoms with E-state index < -0.39 is 0 Å². The number of hydrogen-bond donors (Lipinski definition) is 2. The highest BCUT2D eigenvalue weighted by atomic mass is 35.5. The first-order chi connectivity index (χ1) is 14.6. The number of amides is 1. The quantitative estimate of drug-likeness (QED) is 0.520. The molecule has 2 aromatic carbocycles. The number of carbonyl (C=O) groups excluding carboxylic acids is 1. The van der Waals surface area contributed by atoms with Crippen LogP contribution in [0.25, 0.3) is 0 Å². The highest BCUT2D eigenvalue weighted by molar-refractivity contribution is 6.33. The molecule has 30 heavy (non-hydrogen) atoms.